The van der Waals surface area contributed by atoms with Gasteiger partial charge in [0.25, 0.3) is 0 Å². The standard InChI is InChI=1S/C18H16N6S2/c1-11-19-16-15(13-9-5-6-10-14(13)25-16)17(20-11)26-18-21-22-23-24(18)12-7-3-2-4-8-12/h2-4,7-8H,5-6,9-10H2,1H3. The Morgan fingerprint density at radius 3 is 2.81 bits per heavy atom. The van der Waals surface area contributed by atoms with Crippen LogP contribution in [0.3, 0.4) is 0 Å². The summed E-state index contributed by atoms with van der Waals surface area (Å²) >= 11 is 3.34. The molecular formula is C18H16N6S2. The summed E-state index contributed by atoms with van der Waals surface area (Å²) in [5.74, 6) is 0.789. The summed E-state index contributed by atoms with van der Waals surface area (Å²) in [5.41, 5.74) is 2.37. The lowest BCUT2D eigenvalue weighted by molar-refractivity contribution is 0.699. The van der Waals surface area contributed by atoms with Crippen molar-refractivity contribution in [1.82, 2.24) is 30.2 Å². The zero-order chi connectivity index (χ0) is 17.5. The Balaban J connectivity index is 1.63. The summed E-state index contributed by atoms with van der Waals surface area (Å²) in [6.45, 7) is 1.95. The van der Waals surface area contributed by atoms with Crippen LogP contribution >= 0.6 is 23.1 Å². The zero-order valence-corrected chi connectivity index (χ0v) is 15.8. The quantitative estimate of drug-likeness (QED) is 0.500. The van der Waals surface area contributed by atoms with Gasteiger partial charge >= 0.3 is 0 Å². The maximum atomic E-state index is 4.74. The molecule has 3 aromatic heterocycles. The van der Waals surface area contributed by atoms with Crippen molar-refractivity contribution in [1.29, 1.82) is 0 Å². The molecule has 0 atom stereocenters. The second-order valence-corrected chi connectivity index (χ2v) is 8.32. The number of rotatable bonds is 3. The Kier molecular flexibility index (Phi) is 3.94. The van der Waals surface area contributed by atoms with E-state index in [0.717, 1.165) is 34.2 Å². The smallest absolute Gasteiger partial charge is 0.220 e. The highest BCUT2D eigenvalue weighted by Gasteiger charge is 2.22. The van der Waals surface area contributed by atoms with Gasteiger partial charge < -0.3 is 0 Å². The maximum Gasteiger partial charge on any atom is 0.220 e. The molecule has 8 heteroatoms. The van der Waals surface area contributed by atoms with Gasteiger partial charge in [0.1, 0.15) is 15.7 Å². The van der Waals surface area contributed by atoms with Gasteiger partial charge in [0.2, 0.25) is 5.16 Å². The van der Waals surface area contributed by atoms with Crippen molar-refractivity contribution < 1.29 is 0 Å². The van der Waals surface area contributed by atoms with Crippen molar-refractivity contribution in [3.05, 3.63) is 46.6 Å². The minimum atomic E-state index is 0.714. The lowest BCUT2D eigenvalue weighted by Crippen LogP contribution is -2.01. The van der Waals surface area contributed by atoms with E-state index >= 15 is 0 Å². The average Bonchev–Trinajstić information content (AvgIpc) is 3.26. The van der Waals surface area contributed by atoms with E-state index in [1.54, 1.807) is 4.68 Å². The van der Waals surface area contributed by atoms with Crippen LogP contribution in [-0.4, -0.2) is 30.2 Å². The predicted octanol–water partition coefficient (Wildman–Crippen LogP) is 4.01. The van der Waals surface area contributed by atoms with E-state index in [4.69, 9.17) is 4.98 Å². The summed E-state index contributed by atoms with van der Waals surface area (Å²) in [6, 6.07) is 9.93. The molecule has 1 aliphatic rings. The largest absolute Gasteiger partial charge is 0.226 e. The molecule has 4 aromatic rings. The Bertz CT molecular complexity index is 1090. The van der Waals surface area contributed by atoms with Gasteiger partial charge in [0.15, 0.2) is 0 Å². The number of hydrogen-bond donors (Lipinski definition) is 0. The molecule has 1 aliphatic carbocycles. The monoisotopic (exact) mass is 380 g/mol. The Morgan fingerprint density at radius 1 is 1.08 bits per heavy atom. The number of benzene rings is 1. The summed E-state index contributed by atoms with van der Waals surface area (Å²) in [5, 5.41) is 15.1. The second kappa shape index (κ2) is 6.44. The lowest BCUT2D eigenvalue weighted by atomic mass is 9.97. The fourth-order valence-corrected chi connectivity index (χ4v) is 5.71. The number of fused-ring (bicyclic) bond motifs is 3. The maximum absolute atomic E-state index is 4.74. The van der Waals surface area contributed by atoms with Crippen LogP contribution in [0.4, 0.5) is 0 Å². The highest BCUT2D eigenvalue weighted by molar-refractivity contribution is 7.99. The van der Waals surface area contributed by atoms with Crippen molar-refractivity contribution in [3.8, 4) is 5.69 Å². The summed E-state index contributed by atoms with van der Waals surface area (Å²) in [4.78, 5) is 12.0. The molecule has 0 amide bonds. The summed E-state index contributed by atoms with van der Waals surface area (Å²) in [7, 11) is 0. The van der Waals surface area contributed by atoms with Crippen molar-refractivity contribution in [2.24, 2.45) is 0 Å². The van der Waals surface area contributed by atoms with Gasteiger partial charge in [-0.1, -0.05) is 18.2 Å². The third-order valence-electron chi connectivity index (χ3n) is 4.52. The predicted molar refractivity (Wildman–Crippen MR) is 102 cm³/mol. The van der Waals surface area contributed by atoms with Gasteiger partial charge in [-0.05, 0) is 72.5 Å². The molecule has 0 unspecified atom stereocenters. The first-order valence-electron chi connectivity index (χ1n) is 8.60. The van der Waals surface area contributed by atoms with Crippen molar-refractivity contribution >= 4 is 33.3 Å². The number of nitrogens with zero attached hydrogens (tertiary/aromatic N) is 6. The molecule has 0 fully saturated rings. The van der Waals surface area contributed by atoms with Crippen LogP contribution in [0.15, 0.2) is 40.5 Å². The van der Waals surface area contributed by atoms with Gasteiger partial charge in [0, 0.05) is 10.3 Å². The second-order valence-electron chi connectivity index (χ2n) is 6.28. The van der Waals surface area contributed by atoms with Gasteiger partial charge in [-0.3, -0.25) is 0 Å². The van der Waals surface area contributed by atoms with Gasteiger partial charge in [-0.2, -0.15) is 4.68 Å². The van der Waals surface area contributed by atoms with E-state index in [1.165, 1.54) is 40.4 Å². The van der Waals surface area contributed by atoms with E-state index in [0.29, 0.717) is 5.16 Å². The number of para-hydroxylation sites is 1. The van der Waals surface area contributed by atoms with E-state index in [1.807, 2.05) is 48.6 Å². The molecule has 0 aliphatic heterocycles. The van der Waals surface area contributed by atoms with Crippen LogP contribution in [0.2, 0.25) is 0 Å². The van der Waals surface area contributed by atoms with E-state index in [9.17, 15) is 0 Å². The first-order valence-corrected chi connectivity index (χ1v) is 10.2. The molecule has 0 bridgehead atoms. The normalized spacial score (nSPS) is 13.9. The highest BCUT2D eigenvalue weighted by atomic mass is 32.2. The fraction of sp³-hybridized carbons (Fsp3) is 0.278. The zero-order valence-electron chi connectivity index (χ0n) is 14.2. The van der Waals surface area contributed by atoms with Crippen LogP contribution in [0.5, 0.6) is 0 Å². The third kappa shape index (κ3) is 2.69. The number of tetrazole rings is 1. The van der Waals surface area contributed by atoms with Crippen molar-refractivity contribution in [2.75, 3.05) is 0 Å². The molecule has 130 valence electrons. The number of aromatic nitrogens is 6. The van der Waals surface area contributed by atoms with E-state index in [2.05, 4.69) is 20.5 Å². The molecule has 3 heterocycles. The average molecular weight is 381 g/mol. The highest BCUT2D eigenvalue weighted by Crippen LogP contribution is 2.41. The van der Waals surface area contributed by atoms with Crippen LogP contribution in [0.25, 0.3) is 15.9 Å². The lowest BCUT2D eigenvalue weighted by Gasteiger charge is -2.11. The van der Waals surface area contributed by atoms with Crippen molar-refractivity contribution in [2.45, 2.75) is 42.8 Å². The minimum absolute atomic E-state index is 0.714. The topological polar surface area (TPSA) is 69.4 Å². The molecule has 0 saturated carbocycles. The third-order valence-corrected chi connectivity index (χ3v) is 6.63. The SMILES string of the molecule is Cc1nc(Sc2nnnn2-c2ccccc2)c2c3c(sc2n1)CCCC3. The molecule has 1 aromatic carbocycles. The first kappa shape index (κ1) is 15.9. The molecule has 0 radical (unpaired) electrons. The van der Waals surface area contributed by atoms with Crippen LogP contribution < -0.4 is 0 Å². The summed E-state index contributed by atoms with van der Waals surface area (Å²) in [6.07, 6.45) is 4.76. The molecule has 5 rings (SSSR count). The van der Waals surface area contributed by atoms with Crippen LogP contribution in [-0.2, 0) is 12.8 Å². The van der Waals surface area contributed by atoms with Crippen LogP contribution in [0.1, 0.15) is 29.1 Å². The number of hydrogen-bond acceptors (Lipinski definition) is 7. The molecule has 0 saturated heterocycles. The van der Waals surface area contributed by atoms with Crippen molar-refractivity contribution in [3.63, 3.8) is 0 Å². The van der Waals surface area contributed by atoms with Gasteiger partial charge in [-0.25, -0.2) is 9.97 Å². The Morgan fingerprint density at radius 2 is 1.92 bits per heavy atom. The van der Waals surface area contributed by atoms with Gasteiger partial charge in [0.05, 0.1) is 5.69 Å². The number of aryl methyl sites for hydroxylation is 3. The van der Waals surface area contributed by atoms with Gasteiger partial charge in [-0.15, -0.1) is 16.4 Å². The number of thiophene rings is 1. The minimum Gasteiger partial charge on any atom is -0.226 e. The fourth-order valence-electron chi connectivity index (χ4n) is 3.36. The molecule has 26 heavy (non-hydrogen) atoms. The first-order chi connectivity index (χ1) is 12.8. The van der Waals surface area contributed by atoms with E-state index < -0.39 is 0 Å². The molecule has 6 nitrogen and oxygen atoms in total. The molecule has 0 spiro atoms. The Labute approximate surface area is 158 Å². The molecular weight excluding hydrogens is 364 g/mol. The van der Waals surface area contributed by atoms with Crippen LogP contribution in [0, 0.1) is 6.92 Å². The van der Waals surface area contributed by atoms with E-state index in [-0.39, 0.29) is 0 Å². The molecule has 0 N–H and O–H groups in total. The summed E-state index contributed by atoms with van der Waals surface area (Å²) < 4.78 is 1.76. The Hall–Kier alpha value is -2.32.